The van der Waals surface area contributed by atoms with Crippen molar-refractivity contribution in [3.63, 3.8) is 0 Å². The number of aliphatic hydroxyl groups excluding tert-OH is 1. The number of hydrogen-bond acceptors (Lipinski definition) is 4. The van der Waals surface area contributed by atoms with E-state index in [9.17, 15) is 9.90 Å². The Labute approximate surface area is 177 Å². The van der Waals surface area contributed by atoms with Crippen LogP contribution in [0.2, 0.25) is 0 Å². The fraction of sp³-hybridized carbons (Fsp3) is 0.250. The van der Waals surface area contributed by atoms with Gasteiger partial charge < -0.3 is 20.7 Å². The van der Waals surface area contributed by atoms with Crippen molar-refractivity contribution in [1.29, 1.82) is 0 Å². The highest BCUT2D eigenvalue weighted by molar-refractivity contribution is 5.94. The van der Waals surface area contributed by atoms with Crippen LogP contribution in [0.1, 0.15) is 47.1 Å². The Balaban J connectivity index is 1.82. The van der Waals surface area contributed by atoms with Crippen molar-refractivity contribution >= 4 is 11.7 Å². The van der Waals surface area contributed by atoms with Crippen molar-refractivity contribution < 1.29 is 9.90 Å². The Bertz CT molecular complexity index is 1050. The number of H-pyrrole nitrogens is 1. The van der Waals surface area contributed by atoms with E-state index in [1.165, 1.54) is 0 Å². The van der Waals surface area contributed by atoms with E-state index in [4.69, 9.17) is 0 Å². The summed E-state index contributed by atoms with van der Waals surface area (Å²) in [7, 11) is 0. The van der Waals surface area contributed by atoms with Crippen LogP contribution in [-0.4, -0.2) is 27.0 Å². The maximum atomic E-state index is 12.8. The molecule has 0 aliphatic heterocycles. The number of carbonyl (C=O) groups excluding carboxylic acids is 1. The van der Waals surface area contributed by atoms with Gasteiger partial charge in [-0.05, 0) is 62.6 Å². The lowest BCUT2D eigenvalue weighted by atomic mass is 10.0. The first-order chi connectivity index (χ1) is 14.4. The first-order valence-electron chi connectivity index (χ1n) is 9.97. The molecule has 0 radical (unpaired) electrons. The molecule has 0 saturated carbocycles. The average molecular weight is 405 g/mol. The molecule has 6 nitrogen and oxygen atoms in total. The smallest absolute Gasteiger partial charge is 0.268 e. The topological polar surface area (TPSA) is 90.0 Å². The average Bonchev–Trinajstić information content (AvgIpc) is 3.19. The number of aliphatic hydroxyl groups is 1. The van der Waals surface area contributed by atoms with E-state index in [0.29, 0.717) is 5.69 Å². The summed E-state index contributed by atoms with van der Waals surface area (Å²) >= 11 is 0. The highest BCUT2D eigenvalue weighted by Gasteiger charge is 2.16. The third-order valence-corrected chi connectivity index (χ3v) is 4.74. The molecule has 1 atom stereocenters. The van der Waals surface area contributed by atoms with Crippen LogP contribution in [0.5, 0.6) is 0 Å². The van der Waals surface area contributed by atoms with Gasteiger partial charge in [-0.2, -0.15) is 0 Å². The van der Waals surface area contributed by atoms with Gasteiger partial charge >= 0.3 is 0 Å². The van der Waals surface area contributed by atoms with Gasteiger partial charge in [-0.15, -0.1) is 0 Å². The van der Waals surface area contributed by atoms with Crippen molar-refractivity contribution in [2.45, 2.75) is 39.8 Å². The fourth-order valence-corrected chi connectivity index (χ4v) is 3.30. The van der Waals surface area contributed by atoms with E-state index >= 15 is 0 Å². The quantitative estimate of drug-likeness (QED) is 0.415. The minimum absolute atomic E-state index is 0.252. The number of amides is 1. The van der Waals surface area contributed by atoms with E-state index in [0.717, 1.165) is 39.9 Å². The molecule has 0 bridgehead atoms. The molecular formula is C24H28N4O2. The zero-order chi connectivity index (χ0) is 21.7. The number of rotatable bonds is 7. The molecule has 0 fully saturated rings. The second-order valence-electron chi connectivity index (χ2n) is 7.69. The number of anilines is 1. The van der Waals surface area contributed by atoms with Gasteiger partial charge in [-0.3, -0.25) is 4.79 Å². The zero-order valence-corrected chi connectivity index (χ0v) is 17.7. The Morgan fingerprint density at radius 1 is 1.20 bits per heavy atom. The summed E-state index contributed by atoms with van der Waals surface area (Å²) in [5.74, 6) is 0.545. The summed E-state index contributed by atoms with van der Waals surface area (Å²) in [4.78, 5) is 20.3. The van der Waals surface area contributed by atoms with Crippen LogP contribution in [0.3, 0.4) is 0 Å². The summed E-state index contributed by atoms with van der Waals surface area (Å²) in [6, 6.07) is 11.5. The number of benzene rings is 1. The zero-order valence-electron chi connectivity index (χ0n) is 17.7. The molecule has 156 valence electrons. The normalized spacial score (nSPS) is 12.3. The monoisotopic (exact) mass is 404 g/mol. The molecule has 0 unspecified atom stereocenters. The van der Waals surface area contributed by atoms with Gasteiger partial charge in [0.2, 0.25) is 0 Å². The van der Waals surface area contributed by atoms with Crippen LogP contribution in [0, 0.1) is 13.8 Å². The Hall–Kier alpha value is -3.54. The number of hydrogen-bond donors (Lipinski definition) is 4. The molecule has 3 aromatic rings. The highest BCUT2D eigenvalue weighted by atomic mass is 16.2. The van der Waals surface area contributed by atoms with E-state index in [-0.39, 0.29) is 11.9 Å². The van der Waals surface area contributed by atoms with E-state index in [1.807, 2.05) is 62.6 Å². The lowest BCUT2D eigenvalue weighted by Gasteiger charge is -2.15. The molecule has 30 heavy (non-hydrogen) atoms. The lowest BCUT2D eigenvalue weighted by molar-refractivity contribution is 0.0939. The molecule has 3 rings (SSSR count). The fourth-order valence-electron chi connectivity index (χ4n) is 3.30. The van der Waals surface area contributed by atoms with Crippen LogP contribution in [0.4, 0.5) is 5.82 Å². The van der Waals surface area contributed by atoms with E-state index in [2.05, 4.69) is 34.4 Å². The van der Waals surface area contributed by atoms with Gasteiger partial charge in [0, 0.05) is 24.0 Å². The number of nitrogens with zero attached hydrogens (tertiary/aromatic N) is 1. The predicted molar refractivity (Wildman–Crippen MR) is 121 cm³/mol. The van der Waals surface area contributed by atoms with Crippen molar-refractivity contribution in [2.75, 3.05) is 5.32 Å². The number of aryl methyl sites for hydroxylation is 2. The summed E-state index contributed by atoms with van der Waals surface area (Å²) in [6.45, 7) is 8.10. The number of pyridine rings is 1. The SMILES string of the molecule is Cc1cccc([C@@H](C=CO)NC(=O)c2cc(-c3cc(NC(C)C)ncc3C)c[nH]2)c1. The maximum absolute atomic E-state index is 12.8. The second kappa shape index (κ2) is 9.31. The molecular weight excluding hydrogens is 376 g/mol. The molecule has 0 spiro atoms. The van der Waals surface area contributed by atoms with Crippen LogP contribution in [-0.2, 0) is 0 Å². The van der Waals surface area contributed by atoms with Gasteiger partial charge in [-0.25, -0.2) is 4.98 Å². The van der Waals surface area contributed by atoms with Crippen LogP contribution in [0.15, 0.2) is 61.1 Å². The van der Waals surface area contributed by atoms with Gasteiger partial charge in [0.05, 0.1) is 12.3 Å². The number of aromatic amines is 1. The number of nitrogens with one attached hydrogen (secondary N) is 3. The van der Waals surface area contributed by atoms with Crippen LogP contribution in [0.25, 0.3) is 11.1 Å². The summed E-state index contributed by atoms with van der Waals surface area (Å²) in [5.41, 5.74) is 5.37. The van der Waals surface area contributed by atoms with Gasteiger partial charge in [0.1, 0.15) is 11.5 Å². The third-order valence-electron chi connectivity index (χ3n) is 4.74. The molecule has 0 aliphatic carbocycles. The third kappa shape index (κ3) is 5.08. The van der Waals surface area contributed by atoms with E-state index < -0.39 is 6.04 Å². The van der Waals surface area contributed by atoms with Crippen molar-refractivity contribution in [3.05, 3.63) is 83.5 Å². The minimum Gasteiger partial charge on any atom is -0.516 e. The molecule has 4 N–H and O–H groups in total. The van der Waals surface area contributed by atoms with Gasteiger partial charge in [0.25, 0.3) is 5.91 Å². The maximum Gasteiger partial charge on any atom is 0.268 e. The van der Waals surface area contributed by atoms with Gasteiger partial charge in [0.15, 0.2) is 0 Å². The molecule has 2 heterocycles. The first-order valence-corrected chi connectivity index (χ1v) is 9.97. The van der Waals surface area contributed by atoms with Gasteiger partial charge in [-0.1, -0.05) is 29.8 Å². The lowest BCUT2D eigenvalue weighted by Crippen LogP contribution is -2.27. The van der Waals surface area contributed by atoms with Crippen molar-refractivity contribution in [2.24, 2.45) is 0 Å². The van der Waals surface area contributed by atoms with Crippen molar-refractivity contribution in [3.8, 4) is 11.1 Å². The second-order valence-corrected chi connectivity index (χ2v) is 7.69. The van der Waals surface area contributed by atoms with Crippen LogP contribution < -0.4 is 10.6 Å². The van der Waals surface area contributed by atoms with Crippen molar-refractivity contribution in [1.82, 2.24) is 15.3 Å². The Kier molecular flexibility index (Phi) is 6.57. The summed E-state index contributed by atoms with van der Waals surface area (Å²) < 4.78 is 0. The number of aromatic nitrogens is 2. The predicted octanol–water partition coefficient (Wildman–Crippen LogP) is 5.06. The summed E-state index contributed by atoms with van der Waals surface area (Å²) in [5, 5.41) is 15.5. The minimum atomic E-state index is -0.432. The largest absolute Gasteiger partial charge is 0.516 e. The highest BCUT2D eigenvalue weighted by Crippen LogP contribution is 2.26. The Morgan fingerprint density at radius 2 is 2.00 bits per heavy atom. The Morgan fingerprint density at radius 3 is 2.70 bits per heavy atom. The van der Waals surface area contributed by atoms with Crippen LogP contribution >= 0.6 is 0 Å². The molecule has 6 heteroatoms. The first kappa shape index (κ1) is 21.2. The molecule has 2 aromatic heterocycles. The van der Waals surface area contributed by atoms with E-state index in [1.54, 1.807) is 6.08 Å². The number of carbonyl (C=O) groups is 1. The molecule has 1 aromatic carbocycles. The molecule has 0 saturated heterocycles. The standard InChI is InChI=1S/C24H28N4O2/c1-15(2)27-23-12-20(17(4)13-26-23)19-11-22(25-14-19)24(30)28-21(8-9-29)18-7-5-6-16(3)10-18/h5-15,21,25,29H,1-4H3,(H,26,27)(H,28,30)/t21-/m1/s1. The molecule has 0 aliphatic rings. The molecule has 1 amide bonds. The summed E-state index contributed by atoms with van der Waals surface area (Å²) in [6.07, 6.45) is 6.15.